The molecule has 12 heteroatoms. The summed E-state index contributed by atoms with van der Waals surface area (Å²) in [7, 11) is 8.18. The van der Waals surface area contributed by atoms with Crippen LogP contribution in [-0.2, 0) is 19.1 Å². The van der Waals surface area contributed by atoms with Crippen LogP contribution in [0.3, 0.4) is 0 Å². The molecule has 1 fully saturated rings. The number of hydrogen-bond acceptors (Lipinski definition) is 9. The molecule has 0 aromatic heterocycles. The minimum absolute atomic E-state index is 0.00701. The highest BCUT2D eigenvalue weighted by molar-refractivity contribution is 5.95. The molecule has 0 spiro atoms. The lowest BCUT2D eigenvalue weighted by Gasteiger charge is -2.31. The molecule has 0 bridgehead atoms. The van der Waals surface area contributed by atoms with Gasteiger partial charge in [-0.05, 0) is 19.8 Å². The van der Waals surface area contributed by atoms with E-state index in [1.54, 1.807) is 51.5 Å². The summed E-state index contributed by atoms with van der Waals surface area (Å²) < 4.78 is 10.4. The summed E-state index contributed by atoms with van der Waals surface area (Å²) in [5.41, 5.74) is 6.37. The molecular weight excluding hydrogens is 522 g/mol. The quantitative estimate of drug-likeness (QED) is 0.138. The third kappa shape index (κ3) is 19.0. The molecule has 1 aliphatic rings. The topological polar surface area (TPSA) is 186 Å². The SMILES string of the molecule is CCC(C=O)C(C)O.CO.COC.C[N+](C)(/C=C\C(N)=NC=O)C1CCC(CO)O1.O=Cc1ccccc1C=O. The average Bonchev–Trinajstić information content (AvgIpc) is 3.45. The number of nitrogens with zero attached hydrogens (tertiary/aromatic N) is 2. The standard InChI is InChI=1S/C11H19N3O3.C8H6O2.C6H12O2.C2H6O.CH4O/c1-14(2,6-5-10(12)13-8-16)11-4-3-9(7-15)17-11;9-5-7-3-1-2-4-8(7)6-10;1-3-6(4-7)5(2)8;1-3-2;1-2/h5-6,8-9,11,15H,3-4,7H2,1-2H3,(H-,12,13,16);1-6H;4-6,8H,3H2,1-2H3;1-2H3;2H,1H3/p+1/b6-5-;;;;. The second-order valence-electron chi connectivity index (χ2n) is 8.80. The molecule has 5 N–H and O–H groups in total. The maximum absolute atomic E-state index is 10.2. The molecule has 0 radical (unpaired) electrons. The Balaban J connectivity index is -0.000000507. The number of ether oxygens (including phenoxy) is 2. The van der Waals surface area contributed by atoms with Crippen molar-refractivity contribution in [1.29, 1.82) is 0 Å². The number of amides is 1. The van der Waals surface area contributed by atoms with Crippen molar-refractivity contribution in [3.8, 4) is 0 Å². The van der Waals surface area contributed by atoms with Crippen LogP contribution in [0.15, 0.2) is 41.5 Å². The number of aliphatic hydroxyl groups is 3. The number of aliphatic hydroxyl groups excluding tert-OH is 3. The van der Waals surface area contributed by atoms with Crippen LogP contribution in [0.25, 0.3) is 0 Å². The predicted molar refractivity (Wildman–Crippen MR) is 154 cm³/mol. The van der Waals surface area contributed by atoms with Gasteiger partial charge in [-0.15, -0.1) is 0 Å². The maximum Gasteiger partial charge on any atom is 0.234 e. The summed E-state index contributed by atoms with van der Waals surface area (Å²) in [5.74, 6) is -0.00194. The first kappa shape index (κ1) is 41.4. The van der Waals surface area contributed by atoms with Gasteiger partial charge in [-0.1, -0.05) is 31.2 Å². The van der Waals surface area contributed by atoms with Crippen LogP contribution in [0, 0.1) is 5.92 Å². The zero-order valence-electron chi connectivity index (χ0n) is 24.7. The Labute approximate surface area is 237 Å². The van der Waals surface area contributed by atoms with Gasteiger partial charge in [-0.2, -0.15) is 4.99 Å². The van der Waals surface area contributed by atoms with Crippen molar-refractivity contribution in [1.82, 2.24) is 0 Å². The van der Waals surface area contributed by atoms with Gasteiger partial charge < -0.3 is 35.3 Å². The Hall–Kier alpha value is -3.13. The van der Waals surface area contributed by atoms with Crippen molar-refractivity contribution in [2.75, 3.05) is 42.0 Å². The van der Waals surface area contributed by atoms with Crippen LogP contribution in [0.2, 0.25) is 0 Å². The molecule has 1 heterocycles. The fourth-order valence-corrected chi connectivity index (χ4v) is 3.06. The maximum atomic E-state index is 10.2. The molecule has 1 aromatic rings. The van der Waals surface area contributed by atoms with Crippen LogP contribution in [0.4, 0.5) is 0 Å². The number of carbonyl (C=O) groups is 4. The van der Waals surface area contributed by atoms with Gasteiger partial charge >= 0.3 is 0 Å². The van der Waals surface area contributed by atoms with Gasteiger partial charge in [0.25, 0.3) is 0 Å². The normalized spacial score (nSPS) is 17.6. The molecule has 4 unspecified atom stereocenters. The fourth-order valence-electron chi connectivity index (χ4n) is 3.06. The number of quaternary nitrogens is 1. The van der Waals surface area contributed by atoms with E-state index in [2.05, 4.69) is 9.73 Å². The lowest BCUT2D eigenvalue weighted by Crippen LogP contribution is -2.44. The molecule has 2 rings (SSSR count). The first-order valence-corrected chi connectivity index (χ1v) is 12.5. The number of hydrogen-bond donors (Lipinski definition) is 4. The number of amidine groups is 1. The molecule has 40 heavy (non-hydrogen) atoms. The largest absolute Gasteiger partial charge is 0.400 e. The van der Waals surface area contributed by atoms with Crippen molar-refractivity contribution in [3.05, 3.63) is 47.7 Å². The Morgan fingerprint density at radius 1 is 1.12 bits per heavy atom. The second kappa shape index (κ2) is 26.1. The molecule has 228 valence electrons. The van der Waals surface area contributed by atoms with Crippen LogP contribution in [0.5, 0.6) is 0 Å². The van der Waals surface area contributed by atoms with Crippen LogP contribution in [0.1, 0.15) is 53.8 Å². The van der Waals surface area contributed by atoms with Crippen LogP contribution < -0.4 is 5.73 Å². The molecule has 0 aliphatic carbocycles. The number of rotatable bonds is 10. The lowest BCUT2D eigenvalue weighted by atomic mass is 10.0. The summed E-state index contributed by atoms with van der Waals surface area (Å²) >= 11 is 0. The summed E-state index contributed by atoms with van der Waals surface area (Å²) in [5, 5.41) is 24.8. The zero-order valence-corrected chi connectivity index (χ0v) is 24.7. The fraction of sp³-hybridized carbons (Fsp3) is 0.536. The molecule has 1 aliphatic heterocycles. The Kier molecular flexibility index (Phi) is 27.0. The van der Waals surface area contributed by atoms with E-state index < -0.39 is 6.10 Å². The van der Waals surface area contributed by atoms with E-state index >= 15 is 0 Å². The Bertz CT molecular complexity index is 847. The smallest absolute Gasteiger partial charge is 0.234 e. The van der Waals surface area contributed by atoms with Gasteiger partial charge in [-0.25, -0.2) is 0 Å². The number of nitrogens with two attached hydrogens (primary N) is 1. The van der Waals surface area contributed by atoms with Gasteiger partial charge in [0, 0.05) is 50.9 Å². The number of aliphatic imine (C=N–C) groups is 1. The summed E-state index contributed by atoms with van der Waals surface area (Å²) in [6, 6.07) is 6.65. The monoisotopic (exact) mass is 570 g/mol. The molecule has 12 nitrogen and oxygen atoms in total. The Morgan fingerprint density at radius 3 is 1.93 bits per heavy atom. The lowest BCUT2D eigenvalue weighted by molar-refractivity contribution is -0.889. The molecule has 1 amide bonds. The molecule has 4 atom stereocenters. The second-order valence-corrected chi connectivity index (χ2v) is 8.80. The van der Waals surface area contributed by atoms with Crippen molar-refractivity contribution in [2.24, 2.45) is 16.6 Å². The summed E-state index contributed by atoms with van der Waals surface area (Å²) in [6.45, 7) is 3.56. The third-order valence-corrected chi connectivity index (χ3v) is 5.38. The highest BCUT2D eigenvalue weighted by atomic mass is 16.5. The van der Waals surface area contributed by atoms with Gasteiger partial charge in [0.15, 0.2) is 18.8 Å². The minimum atomic E-state index is -0.488. The first-order chi connectivity index (χ1) is 19.0. The van der Waals surface area contributed by atoms with E-state index in [0.717, 1.165) is 32.7 Å². The molecular formula is C28H48N3O9+. The van der Waals surface area contributed by atoms with E-state index in [-0.39, 0.29) is 30.7 Å². The van der Waals surface area contributed by atoms with Gasteiger partial charge in [-0.3, -0.25) is 18.9 Å². The van der Waals surface area contributed by atoms with Crippen LogP contribution in [-0.4, -0.2) is 111 Å². The summed E-state index contributed by atoms with van der Waals surface area (Å²) in [6.07, 6.45) is 7.85. The Morgan fingerprint density at radius 2 is 1.62 bits per heavy atom. The first-order valence-electron chi connectivity index (χ1n) is 12.5. The van der Waals surface area contributed by atoms with E-state index in [0.29, 0.717) is 34.6 Å². The minimum Gasteiger partial charge on any atom is -0.400 e. The highest BCUT2D eigenvalue weighted by Gasteiger charge is 2.35. The van der Waals surface area contributed by atoms with E-state index in [9.17, 15) is 19.2 Å². The zero-order chi connectivity index (χ0) is 31.6. The van der Waals surface area contributed by atoms with Gasteiger partial charge in [0.2, 0.25) is 6.41 Å². The molecule has 1 saturated heterocycles. The van der Waals surface area contributed by atoms with Gasteiger partial charge in [0.05, 0.1) is 32.9 Å². The number of benzene rings is 1. The third-order valence-electron chi connectivity index (χ3n) is 5.38. The summed E-state index contributed by atoms with van der Waals surface area (Å²) in [4.78, 5) is 44.0. The predicted octanol–water partition coefficient (Wildman–Crippen LogP) is 1.36. The van der Waals surface area contributed by atoms with E-state index in [1.165, 1.54) is 0 Å². The highest BCUT2D eigenvalue weighted by Crippen LogP contribution is 2.25. The number of methoxy groups -OCH3 is 1. The number of aldehydes is 3. The van der Waals surface area contributed by atoms with Crippen molar-refractivity contribution < 1.29 is 48.5 Å². The number of carbonyl (C=O) groups excluding carboxylic acids is 4. The van der Waals surface area contributed by atoms with Gasteiger partial charge in [0.1, 0.15) is 18.3 Å². The van der Waals surface area contributed by atoms with Crippen molar-refractivity contribution >= 4 is 31.1 Å². The van der Waals surface area contributed by atoms with Crippen molar-refractivity contribution in [3.63, 3.8) is 0 Å². The van der Waals surface area contributed by atoms with E-state index in [1.807, 2.05) is 27.2 Å². The average molecular weight is 571 g/mol. The van der Waals surface area contributed by atoms with E-state index in [4.69, 9.17) is 25.8 Å². The molecule has 1 aromatic carbocycles. The van der Waals surface area contributed by atoms with Crippen LogP contribution >= 0.6 is 0 Å². The van der Waals surface area contributed by atoms with Crippen molar-refractivity contribution in [2.45, 2.75) is 51.5 Å². The molecule has 0 saturated carbocycles.